The molecule has 3 atom stereocenters. The number of aromatic nitrogens is 2. The minimum atomic E-state index is -3.31. The van der Waals surface area contributed by atoms with Crippen molar-refractivity contribution in [3.05, 3.63) is 109 Å². The van der Waals surface area contributed by atoms with Crippen LogP contribution in [0, 0.1) is 12.7 Å². The zero-order chi connectivity index (χ0) is 65.9. The second kappa shape index (κ2) is 29.6. The van der Waals surface area contributed by atoms with E-state index in [2.05, 4.69) is 31.9 Å². The molecule has 1 aliphatic carbocycles. The summed E-state index contributed by atoms with van der Waals surface area (Å²) in [4.78, 5) is 159. The molecule has 30 heteroatoms. The fourth-order valence-electron chi connectivity index (χ4n) is 12.2. The van der Waals surface area contributed by atoms with Crippen LogP contribution in [0.15, 0.2) is 58.5 Å². The molecule has 0 saturated heterocycles. The van der Waals surface area contributed by atoms with Crippen molar-refractivity contribution in [1.29, 1.82) is 0 Å². The molecule has 4 aromatic rings. The predicted octanol–water partition coefficient (Wildman–Crippen LogP) is 1.49. The Labute approximate surface area is 520 Å². The van der Waals surface area contributed by atoms with E-state index in [1.165, 1.54) is 10.6 Å². The van der Waals surface area contributed by atoms with Crippen molar-refractivity contribution in [2.24, 2.45) is 0 Å². The molecule has 11 N–H and O–H groups in total. The molecule has 0 saturated carbocycles. The number of aliphatic carboxylic acids is 3. The fourth-order valence-corrected chi connectivity index (χ4v) is 17.1. The molecule has 0 fully saturated rings. The summed E-state index contributed by atoms with van der Waals surface area (Å²) in [7, 11) is -3.31. The third-order valence-electron chi connectivity index (χ3n) is 17.1. The zero-order valence-corrected chi connectivity index (χ0v) is 51.1. The van der Waals surface area contributed by atoms with E-state index in [4.69, 9.17) is 14.5 Å². The van der Waals surface area contributed by atoms with E-state index in [-0.39, 0.29) is 85.8 Å². The summed E-state index contributed by atoms with van der Waals surface area (Å²) in [5, 5.41) is 67.0. The van der Waals surface area contributed by atoms with E-state index in [1.807, 2.05) is 0 Å². The number of hydrogen-bond donors (Lipinski definition) is 11. The fraction of sp³-hybridized carbons (Fsp3) is 0.459. The normalized spacial score (nSPS) is 16.8. The number of pyridine rings is 2. The molecular formula is C61H73FN9O19P. The van der Waals surface area contributed by atoms with Gasteiger partial charge in [-0.1, -0.05) is 37.3 Å². The molecule has 488 valence electrons. The average Bonchev–Trinajstić information content (AvgIpc) is 1.62. The van der Waals surface area contributed by atoms with E-state index in [9.17, 15) is 83.1 Å². The number of carboxylic acids is 3. The summed E-state index contributed by atoms with van der Waals surface area (Å²) >= 11 is 0. The van der Waals surface area contributed by atoms with Gasteiger partial charge in [-0.05, 0) is 54.5 Å². The zero-order valence-electron chi connectivity index (χ0n) is 50.1. The van der Waals surface area contributed by atoms with Crippen molar-refractivity contribution in [3.8, 4) is 11.4 Å². The number of hydrogen-bond acceptors (Lipinski definition) is 17. The molecule has 0 spiro atoms. The number of esters is 1. The molecule has 0 radical (unpaired) electrons. The number of carbonyl (C=O) groups excluding carboxylic acids is 8. The van der Waals surface area contributed by atoms with Gasteiger partial charge in [-0.3, -0.25) is 28.8 Å². The Morgan fingerprint density at radius 3 is 2.12 bits per heavy atom. The summed E-state index contributed by atoms with van der Waals surface area (Å²) in [6.07, 6.45) is -0.0742. The van der Waals surface area contributed by atoms with Crippen LogP contribution in [0.3, 0.4) is 0 Å². The van der Waals surface area contributed by atoms with Crippen molar-refractivity contribution in [2.45, 2.75) is 122 Å². The van der Waals surface area contributed by atoms with E-state index < -0.39 is 160 Å². The number of rotatable bonds is 32. The first-order valence-electron chi connectivity index (χ1n) is 29.8. The Bertz CT molecular complexity index is 3650. The molecule has 2 aromatic heterocycles. The smallest absolute Gasteiger partial charge is 0.0244 e. The third kappa shape index (κ3) is 15.9. The van der Waals surface area contributed by atoms with Gasteiger partial charge in [0.25, 0.3) is 5.56 Å². The SMILES string of the molecule is CC[C@@]1(O)C(=O)OCc2c1cc1n(c2=O)Cc2c-1nc1cc(F)c(C)c3c1c2[C@@H](NC(=O)COCNC(=O)CNC(=O)C(Cc1ccccc1)NC(=O)CNC(=O)CNC(=O)CCCCCN1C(=O)CC([PH](CCC(=O)O)(CCC(=O)O)CCC(=O)O)=C1O)CC3. The summed E-state index contributed by atoms with van der Waals surface area (Å²) in [6, 6.07) is 9.58. The number of fused-ring (bicyclic) bond motifs is 5. The molecule has 0 bridgehead atoms. The van der Waals surface area contributed by atoms with Crippen LogP contribution in [0.1, 0.15) is 116 Å². The minimum absolute atomic E-state index is 0.0132. The maximum absolute atomic E-state index is 15.4. The molecule has 5 heterocycles. The van der Waals surface area contributed by atoms with Crippen LogP contribution in [0.25, 0.3) is 22.3 Å². The monoisotopic (exact) mass is 1290 g/mol. The van der Waals surface area contributed by atoms with Crippen LogP contribution in [0.2, 0.25) is 0 Å². The Morgan fingerprint density at radius 2 is 1.45 bits per heavy atom. The number of aliphatic hydroxyl groups excluding tert-OH is 1. The minimum Gasteiger partial charge on any atom is -0.0245 e. The molecule has 7 amide bonds. The Kier molecular flexibility index (Phi) is 22.0. The van der Waals surface area contributed by atoms with Crippen LogP contribution in [-0.4, -0.2) is 169 Å². The van der Waals surface area contributed by atoms with E-state index in [0.29, 0.717) is 76.7 Å². The largest absolute Gasteiger partial charge is 0.0245 e. The number of nitrogens with zero attached hydrogens (tertiary/aromatic N) is 3. The molecule has 8 rings (SSSR count). The Hall–Kier alpha value is -9.21. The molecular weight excluding hydrogens is 1210 g/mol. The van der Waals surface area contributed by atoms with Gasteiger partial charge in [0.1, 0.15) is 31.8 Å². The van der Waals surface area contributed by atoms with Crippen LogP contribution < -0.4 is 37.5 Å². The van der Waals surface area contributed by atoms with Crippen molar-refractivity contribution in [1.82, 2.24) is 46.4 Å². The number of amides is 7. The van der Waals surface area contributed by atoms with Gasteiger partial charge in [0, 0.05) is 29.0 Å². The number of carbonyl (C=O) groups is 11. The number of aliphatic hydroxyl groups is 2. The van der Waals surface area contributed by atoms with E-state index in [0.717, 1.165) is 4.90 Å². The summed E-state index contributed by atoms with van der Waals surface area (Å²) in [5.41, 5.74) is 1.60. The van der Waals surface area contributed by atoms with Crippen molar-refractivity contribution in [2.75, 3.05) is 58.0 Å². The molecule has 3 aliphatic heterocycles. The maximum atomic E-state index is 15.4. The molecule has 28 nitrogen and oxygen atoms in total. The second-order valence-corrected chi connectivity index (χ2v) is 27.6. The van der Waals surface area contributed by atoms with Gasteiger partial charge in [0.2, 0.25) is 23.6 Å². The molecule has 2 aromatic carbocycles. The van der Waals surface area contributed by atoms with Gasteiger partial charge in [-0.15, -0.1) is 0 Å². The summed E-state index contributed by atoms with van der Waals surface area (Å²) in [6.45, 7) is 0.311. The average molecular weight is 1290 g/mol. The first-order chi connectivity index (χ1) is 43.3. The quantitative estimate of drug-likeness (QED) is 0.0126. The first-order valence-corrected chi connectivity index (χ1v) is 32.4. The van der Waals surface area contributed by atoms with Crippen molar-refractivity contribution >= 4 is 83.4 Å². The van der Waals surface area contributed by atoms with E-state index >= 15 is 4.39 Å². The third-order valence-corrected chi connectivity index (χ3v) is 22.4. The number of halogens is 1. The number of cyclic esters (lactones) is 1. The second-order valence-electron chi connectivity index (χ2n) is 22.9. The van der Waals surface area contributed by atoms with Crippen molar-refractivity contribution in [3.63, 3.8) is 0 Å². The maximum Gasteiger partial charge on any atom is -0.0244 e. The standard InChI is InChI=1S/C61H73FN9O19P/c1-3-61(88)38-23-43-56-36(29-71(43)58(85)37(38)30-90-60(61)87)55-40(14-13-35-33(2)39(62)24-41(69-56)54(35)55)67-49(76)31-89-32-66-47(74)27-65-57(84)42(22-34-10-6-4-7-11-34)68-48(75)28-64-46(73)26-63-45(72)12-8-5-9-18-70-50(77)25-44(59(70)86)91(19-15-51(78)79,20-16-52(80)81)21-17-53(82)83/h4,6-7,10-11,23-24,40,42,86,88,91H,3,5,8-9,12-22,25-32H2,1-2H3,(H,63,72)(H,64,73)(H,65,84)(H,66,74)(H,67,76)(H,68,75)(H,78,79)(H,80,81)(H,82,83)/t40-,42?,61-/m0/s1. The van der Waals surface area contributed by atoms with Crippen LogP contribution in [0.4, 0.5) is 4.39 Å². The number of aryl methyl sites for hydroxylation is 1. The summed E-state index contributed by atoms with van der Waals surface area (Å²) < 4.78 is 27.6. The van der Waals surface area contributed by atoms with Gasteiger partial charge in [-0.2, -0.15) is 0 Å². The van der Waals surface area contributed by atoms with Crippen molar-refractivity contribution < 1.29 is 92.1 Å². The number of ether oxygens (including phenoxy) is 2. The van der Waals surface area contributed by atoms with Gasteiger partial charge < -0.3 is 45.7 Å². The number of benzene rings is 2. The van der Waals surface area contributed by atoms with Crippen LogP contribution >= 0.6 is 7.26 Å². The van der Waals surface area contributed by atoms with E-state index in [1.54, 1.807) is 50.2 Å². The summed E-state index contributed by atoms with van der Waals surface area (Å²) in [5.74, 6) is -9.91. The first kappa shape index (κ1) is 67.7. The van der Waals surface area contributed by atoms with Gasteiger partial charge in [0.15, 0.2) is 5.60 Å². The molecule has 1 unspecified atom stereocenters. The Morgan fingerprint density at radius 1 is 0.802 bits per heavy atom. The molecule has 4 aliphatic rings. The van der Waals surface area contributed by atoms with Gasteiger partial charge >= 0.3 is 198 Å². The predicted molar refractivity (Wildman–Crippen MR) is 323 cm³/mol. The van der Waals surface area contributed by atoms with Gasteiger partial charge in [-0.25, -0.2) is 14.2 Å². The number of nitrogens with one attached hydrogen (secondary N) is 6. The topological polar surface area (TPSA) is 418 Å². The number of carboxylic acid groups (broad SMARTS) is 3. The Balaban J connectivity index is 0.770. The molecule has 91 heavy (non-hydrogen) atoms. The van der Waals surface area contributed by atoms with Gasteiger partial charge in [0.05, 0.1) is 48.1 Å². The number of unbranched alkanes of at least 4 members (excludes halogenated alkanes) is 2. The van der Waals surface area contributed by atoms with Crippen LogP contribution in [0.5, 0.6) is 0 Å². The van der Waals surface area contributed by atoms with Crippen LogP contribution in [-0.2, 0) is 93.8 Å².